The Bertz CT molecular complexity index is 947. The fourth-order valence-electron chi connectivity index (χ4n) is 2.57. The van der Waals surface area contributed by atoms with Crippen molar-refractivity contribution >= 4 is 29.0 Å². The van der Waals surface area contributed by atoms with E-state index in [1.54, 1.807) is 42.5 Å². The molecule has 1 aromatic heterocycles. The maximum absolute atomic E-state index is 12.9. The summed E-state index contributed by atoms with van der Waals surface area (Å²) in [6.45, 7) is 0.647. The van der Waals surface area contributed by atoms with Gasteiger partial charge in [0, 0.05) is 18.4 Å². The summed E-state index contributed by atoms with van der Waals surface area (Å²) in [5, 5.41) is 6.36. The lowest BCUT2D eigenvalue weighted by Gasteiger charge is -2.09. The van der Waals surface area contributed by atoms with E-state index in [2.05, 4.69) is 15.6 Å². The van der Waals surface area contributed by atoms with Gasteiger partial charge in [0.25, 0.3) is 5.91 Å². The van der Waals surface area contributed by atoms with Gasteiger partial charge in [-0.15, -0.1) is 0 Å². The fourth-order valence-corrected chi connectivity index (χ4v) is 2.82. The second-order valence-corrected chi connectivity index (χ2v) is 6.45. The Kier molecular flexibility index (Phi) is 6.45. The molecule has 0 unspecified atom stereocenters. The van der Waals surface area contributed by atoms with Gasteiger partial charge in [-0.3, -0.25) is 4.79 Å². The molecule has 0 aliphatic carbocycles. The third kappa shape index (κ3) is 5.20. The molecule has 0 saturated heterocycles. The van der Waals surface area contributed by atoms with E-state index in [0.717, 1.165) is 12.0 Å². The number of ether oxygens (including phenoxy) is 1. The van der Waals surface area contributed by atoms with Gasteiger partial charge < -0.3 is 15.4 Å². The lowest BCUT2D eigenvalue weighted by molar-refractivity contribution is 0.102. The minimum Gasteiger partial charge on any atom is -0.495 e. The smallest absolute Gasteiger partial charge is 0.257 e. The number of methoxy groups -OCH3 is 1. The van der Waals surface area contributed by atoms with Crippen molar-refractivity contribution in [3.63, 3.8) is 0 Å². The van der Waals surface area contributed by atoms with E-state index in [1.165, 1.54) is 25.4 Å². The number of pyridine rings is 1. The molecule has 0 spiro atoms. The van der Waals surface area contributed by atoms with Crippen molar-refractivity contribution in [2.45, 2.75) is 6.42 Å². The number of hydrogen-bond donors (Lipinski definition) is 2. The van der Waals surface area contributed by atoms with Gasteiger partial charge in [-0.05, 0) is 54.4 Å². The number of hydrogen-bond acceptors (Lipinski definition) is 4. The van der Waals surface area contributed by atoms with Crippen LogP contribution in [0.5, 0.6) is 5.75 Å². The number of benzene rings is 2. The molecule has 0 radical (unpaired) electrons. The number of nitrogens with zero attached hydrogens (tertiary/aromatic N) is 1. The van der Waals surface area contributed by atoms with Gasteiger partial charge >= 0.3 is 0 Å². The van der Waals surface area contributed by atoms with Gasteiger partial charge in [0.2, 0.25) is 0 Å². The standard InChI is InChI=1S/C21H19ClFN3O2/c1-28-19-8-7-17(12-18(19)22)26-21(27)15-4-9-20(25-13-15)24-11-10-14-2-5-16(23)6-3-14/h2-9,12-13H,10-11H2,1H3,(H,24,25)(H,26,27). The highest BCUT2D eigenvalue weighted by atomic mass is 35.5. The maximum Gasteiger partial charge on any atom is 0.257 e. The van der Waals surface area contributed by atoms with Gasteiger partial charge in [-0.1, -0.05) is 23.7 Å². The number of carbonyl (C=O) groups excluding carboxylic acids is 1. The van der Waals surface area contributed by atoms with Gasteiger partial charge in [-0.25, -0.2) is 9.37 Å². The zero-order chi connectivity index (χ0) is 19.9. The summed E-state index contributed by atoms with van der Waals surface area (Å²) in [4.78, 5) is 16.6. The van der Waals surface area contributed by atoms with Crippen LogP contribution in [-0.2, 0) is 6.42 Å². The summed E-state index contributed by atoms with van der Waals surface area (Å²) in [5.41, 5.74) is 2.02. The van der Waals surface area contributed by atoms with E-state index in [9.17, 15) is 9.18 Å². The molecule has 2 N–H and O–H groups in total. The SMILES string of the molecule is COc1ccc(NC(=O)c2ccc(NCCc3ccc(F)cc3)nc2)cc1Cl. The van der Waals surface area contributed by atoms with Crippen LogP contribution in [0, 0.1) is 5.82 Å². The van der Waals surface area contributed by atoms with E-state index in [0.29, 0.717) is 34.4 Å². The Balaban J connectivity index is 1.53. The highest BCUT2D eigenvalue weighted by Crippen LogP contribution is 2.27. The monoisotopic (exact) mass is 399 g/mol. The van der Waals surface area contributed by atoms with Crippen molar-refractivity contribution in [3.8, 4) is 5.75 Å². The third-order valence-corrected chi connectivity index (χ3v) is 4.36. The van der Waals surface area contributed by atoms with Crippen LogP contribution in [0.25, 0.3) is 0 Å². The van der Waals surface area contributed by atoms with E-state index in [-0.39, 0.29) is 11.7 Å². The minimum absolute atomic E-state index is 0.246. The molecule has 28 heavy (non-hydrogen) atoms. The molecule has 0 aliphatic rings. The first-order chi connectivity index (χ1) is 13.5. The van der Waals surface area contributed by atoms with Crippen LogP contribution in [0.3, 0.4) is 0 Å². The predicted molar refractivity (Wildman–Crippen MR) is 109 cm³/mol. The Morgan fingerprint density at radius 3 is 2.57 bits per heavy atom. The molecular weight excluding hydrogens is 381 g/mol. The quantitative estimate of drug-likeness (QED) is 0.599. The first-order valence-corrected chi connectivity index (χ1v) is 9.02. The normalized spacial score (nSPS) is 10.4. The molecule has 144 valence electrons. The molecule has 0 aliphatic heterocycles. The number of halogens is 2. The molecule has 5 nitrogen and oxygen atoms in total. The molecular formula is C21H19ClFN3O2. The van der Waals surface area contributed by atoms with Crippen LogP contribution < -0.4 is 15.4 Å². The first-order valence-electron chi connectivity index (χ1n) is 8.64. The lowest BCUT2D eigenvalue weighted by atomic mass is 10.1. The van der Waals surface area contributed by atoms with Crippen molar-refractivity contribution in [2.75, 3.05) is 24.3 Å². The highest BCUT2D eigenvalue weighted by Gasteiger charge is 2.09. The Morgan fingerprint density at radius 2 is 1.93 bits per heavy atom. The highest BCUT2D eigenvalue weighted by molar-refractivity contribution is 6.32. The molecule has 0 bridgehead atoms. The largest absolute Gasteiger partial charge is 0.495 e. The van der Waals surface area contributed by atoms with E-state index in [4.69, 9.17) is 16.3 Å². The summed E-state index contributed by atoms with van der Waals surface area (Å²) in [6, 6.07) is 14.8. The van der Waals surface area contributed by atoms with Gasteiger partial charge in [0.1, 0.15) is 17.4 Å². The molecule has 0 saturated carbocycles. The Hall–Kier alpha value is -3.12. The van der Waals surface area contributed by atoms with Gasteiger partial charge in [-0.2, -0.15) is 0 Å². The second-order valence-electron chi connectivity index (χ2n) is 6.04. The van der Waals surface area contributed by atoms with Gasteiger partial charge in [0.15, 0.2) is 0 Å². The summed E-state index contributed by atoms with van der Waals surface area (Å²) in [7, 11) is 1.53. The van der Waals surface area contributed by atoms with Crippen molar-refractivity contribution < 1.29 is 13.9 Å². The minimum atomic E-state index is -0.286. The number of carbonyl (C=O) groups is 1. The van der Waals surface area contributed by atoms with Crippen LogP contribution in [-0.4, -0.2) is 24.5 Å². The average molecular weight is 400 g/mol. The van der Waals surface area contributed by atoms with Gasteiger partial charge in [0.05, 0.1) is 17.7 Å². The Morgan fingerprint density at radius 1 is 1.14 bits per heavy atom. The van der Waals surface area contributed by atoms with E-state index >= 15 is 0 Å². The first kappa shape index (κ1) is 19.6. The zero-order valence-electron chi connectivity index (χ0n) is 15.2. The van der Waals surface area contributed by atoms with Crippen LogP contribution in [0.4, 0.5) is 15.9 Å². The summed E-state index contributed by atoms with van der Waals surface area (Å²) in [6.07, 6.45) is 2.24. The molecule has 7 heteroatoms. The maximum atomic E-state index is 12.9. The number of nitrogens with one attached hydrogen (secondary N) is 2. The van der Waals surface area contributed by atoms with Crippen LogP contribution in [0.15, 0.2) is 60.8 Å². The summed E-state index contributed by atoms with van der Waals surface area (Å²) in [5.74, 6) is 0.666. The van der Waals surface area contributed by atoms with E-state index in [1.807, 2.05) is 0 Å². The van der Waals surface area contributed by atoms with Crippen LogP contribution in [0.2, 0.25) is 5.02 Å². The average Bonchev–Trinajstić information content (AvgIpc) is 2.70. The number of rotatable bonds is 7. The predicted octanol–water partition coefficient (Wildman–Crippen LogP) is 4.79. The van der Waals surface area contributed by atoms with Crippen LogP contribution in [0.1, 0.15) is 15.9 Å². The lowest BCUT2D eigenvalue weighted by Crippen LogP contribution is -2.13. The summed E-state index contributed by atoms with van der Waals surface area (Å²) < 4.78 is 18.0. The zero-order valence-corrected chi connectivity index (χ0v) is 16.0. The van der Waals surface area contributed by atoms with E-state index < -0.39 is 0 Å². The molecule has 2 aromatic carbocycles. The second kappa shape index (κ2) is 9.19. The van der Waals surface area contributed by atoms with Crippen molar-refractivity contribution in [1.29, 1.82) is 0 Å². The molecule has 0 atom stereocenters. The molecule has 3 aromatic rings. The van der Waals surface area contributed by atoms with Crippen LogP contribution >= 0.6 is 11.6 Å². The molecule has 1 heterocycles. The molecule has 3 rings (SSSR count). The fraction of sp³-hybridized carbons (Fsp3) is 0.143. The number of anilines is 2. The number of amides is 1. The Labute approximate surface area is 167 Å². The van der Waals surface area contributed by atoms with Crippen molar-refractivity contribution in [2.24, 2.45) is 0 Å². The summed E-state index contributed by atoms with van der Waals surface area (Å²) >= 11 is 6.06. The molecule has 0 fully saturated rings. The third-order valence-electron chi connectivity index (χ3n) is 4.07. The molecule has 1 amide bonds. The van der Waals surface area contributed by atoms with Crippen molar-refractivity contribution in [1.82, 2.24) is 4.98 Å². The topological polar surface area (TPSA) is 63.2 Å². The number of aromatic nitrogens is 1. The van der Waals surface area contributed by atoms with Crippen molar-refractivity contribution in [3.05, 3.63) is 82.8 Å².